The number of aromatic nitrogens is 1. The molecule has 48 heavy (non-hydrogen) atoms. The van der Waals surface area contributed by atoms with Gasteiger partial charge in [-0.25, -0.2) is 0 Å². The Morgan fingerprint density at radius 1 is 0.604 bits per heavy atom. The molecule has 0 unspecified atom stereocenters. The van der Waals surface area contributed by atoms with Crippen LogP contribution < -0.4 is 15.8 Å². The van der Waals surface area contributed by atoms with Gasteiger partial charge in [0, 0.05) is 48.6 Å². The molecule has 0 bridgehead atoms. The molecule has 2 nitrogen and oxygen atoms in total. The average Bonchev–Trinajstić information content (AvgIpc) is 3.72. The van der Waals surface area contributed by atoms with Crippen LogP contribution in [0.3, 0.4) is 0 Å². The lowest BCUT2D eigenvalue weighted by molar-refractivity contribution is 0.630. The van der Waals surface area contributed by atoms with E-state index in [4.69, 9.17) is 0 Å². The van der Waals surface area contributed by atoms with Crippen molar-refractivity contribution in [1.29, 1.82) is 0 Å². The Balaban J connectivity index is 1.30. The minimum atomic E-state index is -0.170. The summed E-state index contributed by atoms with van der Waals surface area (Å²) < 4.78 is 1.33. The van der Waals surface area contributed by atoms with E-state index < -0.39 is 0 Å². The highest BCUT2D eigenvalue weighted by atomic mass is 32.1. The number of thiophene rings is 1. The Bertz CT molecular complexity index is 2720. The molecule has 2 aliphatic heterocycles. The van der Waals surface area contributed by atoms with Crippen molar-refractivity contribution in [1.82, 2.24) is 4.98 Å². The number of rotatable bonds is 1. The standard InChI is InChI=1S/C44H32BN2S/c1-43(2)31-18-8-9-21-34(31)47-40-32(43)19-12-20-33(40)45-38-29(23-28-24-13-5-7-17-30(24)44(3,4)37(28)41(38)47)25-15-11-16-27-36-26-14-6-10-22-35(26)48-42(36)46-39(25)27/h5-23,46H,1-4H3. The third kappa shape index (κ3) is 3.15. The van der Waals surface area contributed by atoms with Gasteiger partial charge in [0.2, 0.25) is 0 Å². The zero-order chi connectivity index (χ0) is 32.1. The maximum Gasteiger partial charge on any atom is 0.197 e. The van der Waals surface area contributed by atoms with E-state index >= 15 is 0 Å². The molecule has 11 rings (SSSR count). The minimum Gasteiger partial charge on any atom is -0.346 e. The monoisotopic (exact) mass is 631 g/mol. The molecule has 0 saturated carbocycles. The molecular formula is C44H32BN2S. The summed E-state index contributed by atoms with van der Waals surface area (Å²) in [7, 11) is 2.49. The van der Waals surface area contributed by atoms with Crippen LogP contribution >= 0.6 is 11.3 Å². The van der Waals surface area contributed by atoms with Crippen LogP contribution in [0.5, 0.6) is 0 Å². The Kier molecular flexibility index (Phi) is 4.99. The Labute approximate surface area is 284 Å². The number of fused-ring (bicyclic) bond motifs is 13. The highest BCUT2D eigenvalue weighted by molar-refractivity contribution is 7.25. The summed E-state index contributed by atoms with van der Waals surface area (Å²) >= 11 is 1.85. The smallest absolute Gasteiger partial charge is 0.197 e. The second-order valence-electron chi connectivity index (χ2n) is 14.8. The molecule has 3 aliphatic rings. The maximum atomic E-state index is 3.93. The molecule has 0 fully saturated rings. The average molecular weight is 632 g/mol. The van der Waals surface area contributed by atoms with Gasteiger partial charge in [-0.1, -0.05) is 130 Å². The molecule has 1 N–H and O–H groups in total. The first kappa shape index (κ1) is 27.0. The first-order chi connectivity index (χ1) is 23.3. The van der Waals surface area contributed by atoms with Crippen LogP contribution in [0.2, 0.25) is 0 Å². The number of para-hydroxylation sites is 3. The van der Waals surface area contributed by atoms with Gasteiger partial charge in [0.1, 0.15) is 4.83 Å². The quantitative estimate of drug-likeness (QED) is 0.179. The van der Waals surface area contributed by atoms with E-state index in [1.807, 2.05) is 11.3 Å². The largest absolute Gasteiger partial charge is 0.346 e. The molecule has 0 amide bonds. The lowest BCUT2D eigenvalue weighted by Crippen LogP contribution is -2.46. The van der Waals surface area contributed by atoms with E-state index in [1.54, 1.807) is 0 Å². The molecule has 2 aromatic heterocycles. The SMILES string of the molecule is CC1(C)c2ccccc2N2c3c(cccc31)[B]c1c(-c3cccc4c3[nH]c3sc5ccccc5c34)cc3c(c12)C(C)(C)c1ccccc1-3. The molecule has 4 heteroatoms. The number of nitrogens with one attached hydrogen (secondary N) is 1. The van der Waals surface area contributed by atoms with Gasteiger partial charge in [0.05, 0.1) is 11.2 Å². The second kappa shape index (κ2) is 8.89. The third-order valence-corrected chi connectivity index (χ3v) is 12.7. The zero-order valence-corrected chi connectivity index (χ0v) is 28.2. The van der Waals surface area contributed by atoms with E-state index in [0.29, 0.717) is 0 Å². The predicted molar refractivity (Wildman–Crippen MR) is 206 cm³/mol. The van der Waals surface area contributed by atoms with Crippen LogP contribution in [-0.2, 0) is 10.8 Å². The van der Waals surface area contributed by atoms with Gasteiger partial charge < -0.3 is 9.88 Å². The highest BCUT2D eigenvalue weighted by Gasteiger charge is 2.46. The van der Waals surface area contributed by atoms with E-state index in [-0.39, 0.29) is 10.8 Å². The van der Waals surface area contributed by atoms with Crippen LogP contribution in [0.1, 0.15) is 49.9 Å². The summed E-state index contributed by atoms with van der Waals surface area (Å²) in [6.07, 6.45) is 0. The van der Waals surface area contributed by atoms with E-state index in [0.717, 1.165) is 0 Å². The summed E-state index contributed by atoms with van der Waals surface area (Å²) in [6, 6.07) is 43.3. The van der Waals surface area contributed by atoms with Crippen molar-refractivity contribution in [3.05, 3.63) is 138 Å². The maximum absolute atomic E-state index is 3.93. The van der Waals surface area contributed by atoms with Crippen molar-refractivity contribution in [2.24, 2.45) is 0 Å². The fourth-order valence-electron chi connectivity index (χ4n) is 9.44. The van der Waals surface area contributed by atoms with Crippen LogP contribution in [0.15, 0.2) is 115 Å². The summed E-state index contributed by atoms with van der Waals surface area (Å²) in [4.78, 5) is 7.80. The first-order valence-corrected chi connectivity index (χ1v) is 17.8. The Morgan fingerprint density at radius 3 is 2.21 bits per heavy atom. The number of nitrogens with zero attached hydrogens (tertiary/aromatic N) is 1. The van der Waals surface area contributed by atoms with Gasteiger partial charge in [-0.3, -0.25) is 0 Å². The summed E-state index contributed by atoms with van der Waals surface area (Å²) in [5.41, 5.74) is 18.2. The summed E-state index contributed by atoms with van der Waals surface area (Å²) in [5, 5.41) is 3.95. The summed E-state index contributed by atoms with van der Waals surface area (Å²) in [6.45, 7) is 9.61. The van der Waals surface area contributed by atoms with Crippen LogP contribution in [0.4, 0.5) is 17.1 Å². The van der Waals surface area contributed by atoms with Gasteiger partial charge in [-0.15, -0.1) is 11.3 Å². The molecule has 1 aliphatic carbocycles. The Hall–Kier alpha value is -5.06. The normalized spacial score (nSPS) is 16.0. The first-order valence-electron chi connectivity index (χ1n) is 17.0. The molecule has 0 saturated heterocycles. The van der Waals surface area contributed by atoms with Gasteiger partial charge in [0.15, 0.2) is 7.28 Å². The molecule has 0 spiro atoms. The van der Waals surface area contributed by atoms with Crippen molar-refractivity contribution in [2.45, 2.75) is 38.5 Å². The zero-order valence-electron chi connectivity index (χ0n) is 27.4. The van der Waals surface area contributed by atoms with Crippen molar-refractivity contribution >= 4 is 77.8 Å². The van der Waals surface area contributed by atoms with E-state index in [2.05, 4.69) is 160 Å². The highest BCUT2D eigenvalue weighted by Crippen LogP contribution is 2.59. The number of hydrogen-bond acceptors (Lipinski definition) is 2. The fourth-order valence-corrected chi connectivity index (χ4v) is 10.6. The van der Waals surface area contributed by atoms with Crippen LogP contribution in [0, 0.1) is 0 Å². The Morgan fingerprint density at radius 2 is 1.31 bits per heavy atom. The second-order valence-corrected chi connectivity index (χ2v) is 15.9. The molecule has 4 heterocycles. The predicted octanol–water partition coefficient (Wildman–Crippen LogP) is 10.6. The van der Waals surface area contributed by atoms with Crippen molar-refractivity contribution in [3.63, 3.8) is 0 Å². The van der Waals surface area contributed by atoms with Gasteiger partial charge in [0.25, 0.3) is 0 Å². The van der Waals surface area contributed by atoms with Crippen molar-refractivity contribution in [2.75, 3.05) is 4.90 Å². The number of H-pyrrole nitrogens is 1. The third-order valence-electron chi connectivity index (χ3n) is 11.6. The van der Waals surface area contributed by atoms with Gasteiger partial charge >= 0.3 is 0 Å². The molecule has 1 radical (unpaired) electrons. The van der Waals surface area contributed by atoms with Crippen LogP contribution in [0.25, 0.3) is 53.5 Å². The number of anilines is 3. The molecular weight excluding hydrogens is 599 g/mol. The van der Waals surface area contributed by atoms with Crippen molar-refractivity contribution in [3.8, 4) is 22.3 Å². The van der Waals surface area contributed by atoms with Gasteiger partial charge in [-0.05, 0) is 62.6 Å². The number of hydrogen-bond donors (Lipinski definition) is 1. The molecule has 0 atom stereocenters. The molecule has 8 aromatic rings. The lowest BCUT2D eigenvalue weighted by Gasteiger charge is -2.47. The minimum absolute atomic E-state index is 0.118. The molecule has 6 aromatic carbocycles. The van der Waals surface area contributed by atoms with E-state index in [9.17, 15) is 0 Å². The summed E-state index contributed by atoms with van der Waals surface area (Å²) in [5.74, 6) is 0. The van der Waals surface area contributed by atoms with Crippen LogP contribution in [-0.4, -0.2) is 12.3 Å². The van der Waals surface area contributed by atoms with Crippen molar-refractivity contribution < 1.29 is 0 Å². The van der Waals surface area contributed by atoms with Gasteiger partial charge in [-0.2, -0.15) is 0 Å². The fraction of sp³-hybridized carbons (Fsp3) is 0.136. The number of benzene rings is 6. The lowest BCUT2D eigenvalue weighted by atomic mass is 9.54. The number of aromatic amines is 1. The van der Waals surface area contributed by atoms with E-state index in [1.165, 1.54) is 104 Å². The molecule has 227 valence electrons. The topological polar surface area (TPSA) is 19.0 Å².